The first kappa shape index (κ1) is 9.64. The van der Waals surface area contributed by atoms with E-state index in [1.54, 1.807) is 0 Å². The fourth-order valence-electron chi connectivity index (χ4n) is 3.47. The van der Waals surface area contributed by atoms with Gasteiger partial charge in [-0.2, -0.15) is 0 Å². The third kappa shape index (κ3) is 1.89. The van der Waals surface area contributed by atoms with Crippen LogP contribution in [0.15, 0.2) is 0 Å². The maximum atomic E-state index is 11.7. The lowest BCUT2D eigenvalue weighted by Crippen LogP contribution is -2.49. The molecular formula is C12H19NO2. The molecule has 3 fully saturated rings. The number of carbonyl (C=O) groups excluding carboxylic acids is 1. The van der Waals surface area contributed by atoms with Crippen LogP contribution in [0.25, 0.3) is 0 Å². The van der Waals surface area contributed by atoms with Gasteiger partial charge >= 0.3 is 0 Å². The Bertz CT molecular complexity index is 262. The van der Waals surface area contributed by atoms with E-state index in [9.17, 15) is 4.79 Å². The standard InChI is InChI=1S/C12H19NO2/c14-12(13-11-6-15-7-11)5-10-4-8-1-2-9(10)3-8/h8-11H,1-7H2,(H,13,14). The number of ether oxygens (including phenoxy) is 1. The van der Waals surface area contributed by atoms with Crippen LogP contribution in [0.2, 0.25) is 0 Å². The van der Waals surface area contributed by atoms with E-state index in [0.717, 1.165) is 18.3 Å². The minimum atomic E-state index is 0.251. The SMILES string of the molecule is O=C(CC1CC2CCC1C2)NC1COC1. The molecule has 0 radical (unpaired) electrons. The molecule has 0 aromatic rings. The van der Waals surface area contributed by atoms with Crippen molar-refractivity contribution in [3.8, 4) is 0 Å². The molecule has 2 bridgehead atoms. The summed E-state index contributed by atoms with van der Waals surface area (Å²) in [5, 5.41) is 3.04. The summed E-state index contributed by atoms with van der Waals surface area (Å²) in [6.45, 7) is 1.42. The third-order valence-corrected chi connectivity index (χ3v) is 4.34. The van der Waals surface area contributed by atoms with Crippen LogP contribution < -0.4 is 5.32 Å². The average Bonchev–Trinajstić information content (AvgIpc) is 2.72. The second kappa shape index (κ2) is 3.78. The highest BCUT2D eigenvalue weighted by atomic mass is 16.5. The van der Waals surface area contributed by atoms with Gasteiger partial charge in [0.1, 0.15) is 0 Å². The molecular weight excluding hydrogens is 190 g/mol. The number of amides is 1. The van der Waals surface area contributed by atoms with Crippen molar-refractivity contribution in [1.82, 2.24) is 5.32 Å². The minimum Gasteiger partial charge on any atom is -0.377 e. The molecule has 3 aliphatic rings. The van der Waals surface area contributed by atoms with Crippen LogP contribution in [0.5, 0.6) is 0 Å². The number of nitrogens with one attached hydrogen (secondary N) is 1. The zero-order valence-corrected chi connectivity index (χ0v) is 9.08. The van der Waals surface area contributed by atoms with E-state index in [4.69, 9.17) is 4.74 Å². The predicted molar refractivity (Wildman–Crippen MR) is 56.3 cm³/mol. The van der Waals surface area contributed by atoms with E-state index < -0.39 is 0 Å². The van der Waals surface area contributed by atoms with Crippen molar-refractivity contribution in [2.45, 2.75) is 38.1 Å². The van der Waals surface area contributed by atoms with Gasteiger partial charge in [-0.1, -0.05) is 6.42 Å². The highest BCUT2D eigenvalue weighted by molar-refractivity contribution is 5.76. The van der Waals surface area contributed by atoms with Crippen molar-refractivity contribution < 1.29 is 9.53 Å². The molecule has 1 N–H and O–H groups in total. The molecule has 0 aromatic heterocycles. The summed E-state index contributed by atoms with van der Waals surface area (Å²) in [6, 6.07) is 0.302. The molecule has 1 heterocycles. The number of hydrogen-bond donors (Lipinski definition) is 1. The quantitative estimate of drug-likeness (QED) is 0.761. The molecule has 3 nitrogen and oxygen atoms in total. The second-order valence-electron chi connectivity index (χ2n) is 5.44. The van der Waals surface area contributed by atoms with Crippen molar-refractivity contribution in [3.63, 3.8) is 0 Å². The molecule has 2 saturated carbocycles. The number of rotatable bonds is 3. The normalized spacial score (nSPS) is 39.1. The highest BCUT2D eigenvalue weighted by Gasteiger charge is 2.40. The van der Waals surface area contributed by atoms with Crippen LogP contribution in [0.1, 0.15) is 32.1 Å². The summed E-state index contributed by atoms with van der Waals surface area (Å²) in [5.74, 6) is 2.74. The first-order chi connectivity index (χ1) is 7.31. The van der Waals surface area contributed by atoms with Gasteiger partial charge in [-0.15, -0.1) is 0 Å². The predicted octanol–water partition coefficient (Wildman–Crippen LogP) is 1.33. The molecule has 0 spiro atoms. The van der Waals surface area contributed by atoms with Gasteiger partial charge in [-0.05, 0) is 37.0 Å². The first-order valence-corrected chi connectivity index (χ1v) is 6.18. The van der Waals surface area contributed by atoms with Crippen molar-refractivity contribution in [1.29, 1.82) is 0 Å². The Hall–Kier alpha value is -0.570. The van der Waals surface area contributed by atoms with E-state index in [1.807, 2.05) is 0 Å². The van der Waals surface area contributed by atoms with Crippen LogP contribution in [0, 0.1) is 17.8 Å². The van der Waals surface area contributed by atoms with Gasteiger partial charge in [0.25, 0.3) is 0 Å². The Kier molecular flexibility index (Phi) is 2.43. The maximum Gasteiger partial charge on any atom is 0.220 e. The van der Waals surface area contributed by atoms with Gasteiger partial charge in [0.15, 0.2) is 0 Å². The van der Waals surface area contributed by atoms with Crippen LogP contribution in [-0.4, -0.2) is 25.2 Å². The summed E-state index contributed by atoms with van der Waals surface area (Å²) in [4.78, 5) is 11.7. The molecule has 3 rings (SSSR count). The monoisotopic (exact) mass is 209 g/mol. The van der Waals surface area contributed by atoms with E-state index in [1.165, 1.54) is 25.7 Å². The third-order valence-electron chi connectivity index (χ3n) is 4.34. The molecule has 84 valence electrons. The molecule has 1 saturated heterocycles. The fourth-order valence-corrected chi connectivity index (χ4v) is 3.47. The number of hydrogen-bond acceptors (Lipinski definition) is 2. The van der Waals surface area contributed by atoms with Gasteiger partial charge < -0.3 is 10.1 Å². The molecule has 3 unspecified atom stereocenters. The van der Waals surface area contributed by atoms with E-state index >= 15 is 0 Å². The van der Waals surface area contributed by atoms with Crippen LogP contribution in [0.4, 0.5) is 0 Å². The van der Waals surface area contributed by atoms with Crippen LogP contribution in [-0.2, 0) is 9.53 Å². The fraction of sp³-hybridized carbons (Fsp3) is 0.917. The second-order valence-corrected chi connectivity index (χ2v) is 5.44. The summed E-state index contributed by atoms with van der Waals surface area (Å²) in [5.41, 5.74) is 0. The van der Waals surface area contributed by atoms with E-state index in [-0.39, 0.29) is 5.91 Å². The molecule has 3 heteroatoms. The number of carbonyl (C=O) groups is 1. The lowest BCUT2D eigenvalue weighted by molar-refractivity contribution is -0.126. The lowest BCUT2D eigenvalue weighted by atomic mass is 9.86. The lowest BCUT2D eigenvalue weighted by Gasteiger charge is -2.28. The molecule has 0 aromatic carbocycles. The Morgan fingerprint density at radius 1 is 1.27 bits per heavy atom. The molecule has 1 aliphatic heterocycles. The zero-order chi connectivity index (χ0) is 10.3. The topological polar surface area (TPSA) is 38.3 Å². The van der Waals surface area contributed by atoms with Gasteiger partial charge in [0, 0.05) is 6.42 Å². The number of fused-ring (bicyclic) bond motifs is 2. The first-order valence-electron chi connectivity index (χ1n) is 6.18. The van der Waals surface area contributed by atoms with Gasteiger partial charge in [-0.3, -0.25) is 4.79 Å². The molecule has 3 atom stereocenters. The van der Waals surface area contributed by atoms with Crippen molar-refractivity contribution in [2.24, 2.45) is 17.8 Å². The average molecular weight is 209 g/mol. The largest absolute Gasteiger partial charge is 0.377 e. The summed E-state index contributed by atoms with van der Waals surface area (Å²) < 4.78 is 5.04. The highest BCUT2D eigenvalue weighted by Crippen LogP contribution is 2.49. The Morgan fingerprint density at radius 2 is 2.13 bits per heavy atom. The van der Waals surface area contributed by atoms with Crippen LogP contribution in [0.3, 0.4) is 0 Å². The minimum absolute atomic E-state index is 0.251. The van der Waals surface area contributed by atoms with E-state index in [2.05, 4.69) is 5.32 Å². The summed E-state index contributed by atoms with van der Waals surface area (Å²) in [7, 11) is 0. The van der Waals surface area contributed by atoms with Crippen molar-refractivity contribution in [2.75, 3.05) is 13.2 Å². The van der Waals surface area contributed by atoms with Crippen molar-refractivity contribution >= 4 is 5.91 Å². The van der Waals surface area contributed by atoms with E-state index in [0.29, 0.717) is 25.2 Å². The van der Waals surface area contributed by atoms with Gasteiger partial charge in [0.05, 0.1) is 19.3 Å². The Balaban J connectivity index is 1.46. The molecule has 2 aliphatic carbocycles. The van der Waals surface area contributed by atoms with Crippen LogP contribution >= 0.6 is 0 Å². The van der Waals surface area contributed by atoms with Gasteiger partial charge in [-0.25, -0.2) is 0 Å². The van der Waals surface area contributed by atoms with Crippen molar-refractivity contribution in [3.05, 3.63) is 0 Å². The smallest absolute Gasteiger partial charge is 0.220 e. The zero-order valence-electron chi connectivity index (χ0n) is 9.08. The summed E-state index contributed by atoms with van der Waals surface area (Å²) in [6.07, 6.45) is 6.25. The molecule has 15 heavy (non-hydrogen) atoms. The van der Waals surface area contributed by atoms with Gasteiger partial charge in [0.2, 0.25) is 5.91 Å². The summed E-state index contributed by atoms with van der Waals surface area (Å²) >= 11 is 0. The Morgan fingerprint density at radius 3 is 2.67 bits per heavy atom. The maximum absolute atomic E-state index is 11.7. The molecule has 1 amide bonds. The Labute approximate surface area is 90.6 Å².